The number of hydrogen-bond acceptors (Lipinski definition) is 6. The molecule has 0 aromatic carbocycles. The molecule has 0 saturated heterocycles. The van der Waals surface area contributed by atoms with Crippen molar-refractivity contribution in [3.05, 3.63) is 22.7 Å². The highest BCUT2D eigenvalue weighted by Crippen LogP contribution is 1.98. The van der Waals surface area contributed by atoms with Crippen LogP contribution in [0.25, 0.3) is 0 Å². The molecule has 1 aromatic heterocycles. The van der Waals surface area contributed by atoms with Crippen molar-refractivity contribution in [2.45, 2.75) is 6.92 Å². The highest BCUT2D eigenvalue weighted by molar-refractivity contribution is 7.99. The highest BCUT2D eigenvalue weighted by Gasteiger charge is 2.08. The molecule has 0 amide bonds. The predicted molar refractivity (Wildman–Crippen MR) is 62.7 cm³/mol. The van der Waals surface area contributed by atoms with Gasteiger partial charge in [0.1, 0.15) is 12.4 Å². The van der Waals surface area contributed by atoms with Crippen LogP contribution in [0.4, 0.5) is 10.6 Å². The van der Waals surface area contributed by atoms with Crippen molar-refractivity contribution in [1.82, 2.24) is 9.55 Å². The molecular formula is C9H13N3O3S. The van der Waals surface area contributed by atoms with E-state index >= 15 is 0 Å². The maximum absolute atomic E-state index is 11.4. The number of rotatable bonds is 4. The zero-order valence-electron chi connectivity index (χ0n) is 8.88. The summed E-state index contributed by atoms with van der Waals surface area (Å²) in [5.41, 5.74) is 4.56. The summed E-state index contributed by atoms with van der Waals surface area (Å²) < 4.78 is 5.66. The van der Waals surface area contributed by atoms with Gasteiger partial charge in [0.05, 0.1) is 0 Å². The van der Waals surface area contributed by atoms with Gasteiger partial charge in [-0.25, -0.2) is 14.2 Å². The van der Waals surface area contributed by atoms with Crippen LogP contribution in [0.15, 0.2) is 17.1 Å². The van der Waals surface area contributed by atoms with Crippen LogP contribution in [-0.4, -0.2) is 33.8 Å². The Balaban J connectivity index is 2.56. The van der Waals surface area contributed by atoms with Gasteiger partial charge in [0.25, 0.3) is 0 Å². The fourth-order valence-electron chi connectivity index (χ4n) is 0.957. The van der Waals surface area contributed by atoms with Gasteiger partial charge in [-0.3, -0.25) is 0 Å². The van der Waals surface area contributed by atoms with E-state index in [1.165, 1.54) is 12.3 Å². The van der Waals surface area contributed by atoms with Gasteiger partial charge in [-0.05, 0) is 11.8 Å². The molecule has 0 radical (unpaired) electrons. The lowest BCUT2D eigenvalue weighted by Gasteiger charge is -2.05. The maximum Gasteiger partial charge on any atom is 0.422 e. The summed E-state index contributed by atoms with van der Waals surface area (Å²) in [6, 6.07) is 1.36. The number of anilines is 1. The van der Waals surface area contributed by atoms with Gasteiger partial charge >= 0.3 is 11.8 Å². The Morgan fingerprint density at radius 1 is 1.69 bits per heavy atom. The normalized spacial score (nSPS) is 10.1. The molecule has 0 saturated carbocycles. The number of carbonyl (C=O) groups excluding carboxylic acids is 1. The SMILES string of the molecule is CCSCCOC(=O)n1ccc(N)nc1=O. The molecule has 1 rings (SSSR count). The van der Waals surface area contributed by atoms with E-state index in [9.17, 15) is 9.59 Å². The minimum atomic E-state index is -0.729. The van der Waals surface area contributed by atoms with E-state index in [2.05, 4.69) is 4.98 Å². The molecule has 0 bridgehead atoms. The first kappa shape index (κ1) is 12.6. The van der Waals surface area contributed by atoms with E-state index in [1.807, 2.05) is 6.92 Å². The van der Waals surface area contributed by atoms with Crippen LogP contribution in [0.5, 0.6) is 0 Å². The Morgan fingerprint density at radius 3 is 3.06 bits per heavy atom. The molecule has 0 aliphatic carbocycles. The van der Waals surface area contributed by atoms with Crippen LogP contribution in [0, 0.1) is 0 Å². The Hall–Kier alpha value is -1.50. The van der Waals surface area contributed by atoms with Gasteiger partial charge in [-0.1, -0.05) is 6.92 Å². The lowest BCUT2D eigenvalue weighted by molar-refractivity contribution is 0.153. The third kappa shape index (κ3) is 3.58. The van der Waals surface area contributed by atoms with Crippen LogP contribution in [0.1, 0.15) is 6.92 Å². The number of nitrogen functional groups attached to an aromatic ring is 1. The Kier molecular flexibility index (Phi) is 4.84. The number of nitrogens with two attached hydrogens (primary N) is 1. The third-order valence-electron chi connectivity index (χ3n) is 1.68. The number of nitrogens with zero attached hydrogens (tertiary/aromatic N) is 2. The zero-order chi connectivity index (χ0) is 12.0. The second-order valence-electron chi connectivity index (χ2n) is 2.82. The van der Waals surface area contributed by atoms with E-state index < -0.39 is 11.8 Å². The average Bonchev–Trinajstić information content (AvgIpc) is 2.24. The van der Waals surface area contributed by atoms with Crippen LogP contribution in [0.3, 0.4) is 0 Å². The predicted octanol–water partition coefficient (Wildman–Crippen LogP) is 0.563. The minimum absolute atomic E-state index is 0.0792. The summed E-state index contributed by atoms with van der Waals surface area (Å²) in [6.07, 6.45) is 0.522. The fraction of sp³-hybridized carbons (Fsp3) is 0.444. The first-order chi connectivity index (χ1) is 7.65. The van der Waals surface area contributed by atoms with Crippen molar-refractivity contribution in [3.8, 4) is 0 Å². The molecule has 0 atom stereocenters. The number of carbonyl (C=O) groups is 1. The van der Waals surface area contributed by atoms with Gasteiger partial charge in [0.2, 0.25) is 0 Å². The quantitative estimate of drug-likeness (QED) is 0.778. The lowest BCUT2D eigenvalue weighted by atomic mass is 10.6. The summed E-state index contributed by atoms with van der Waals surface area (Å²) in [5.74, 6) is 1.75. The van der Waals surface area contributed by atoms with Crippen molar-refractivity contribution < 1.29 is 9.53 Å². The smallest absolute Gasteiger partial charge is 0.422 e. The molecule has 0 unspecified atom stereocenters. The molecule has 1 aromatic rings. The molecule has 16 heavy (non-hydrogen) atoms. The Bertz CT molecular complexity index is 419. The average molecular weight is 243 g/mol. The number of aromatic nitrogens is 2. The first-order valence-corrected chi connectivity index (χ1v) is 5.90. The van der Waals surface area contributed by atoms with Crippen molar-refractivity contribution in [2.75, 3.05) is 23.8 Å². The standard InChI is InChI=1S/C9H13N3O3S/c1-2-16-6-5-15-9(14)12-4-3-7(10)11-8(12)13/h3-4H,2,5-6H2,1H3,(H2,10,11,13). The Morgan fingerprint density at radius 2 is 2.44 bits per heavy atom. The van der Waals surface area contributed by atoms with Crippen molar-refractivity contribution >= 4 is 23.7 Å². The molecule has 2 N–H and O–H groups in total. The van der Waals surface area contributed by atoms with E-state index in [0.717, 1.165) is 10.3 Å². The molecule has 0 fully saturated rings. The van der Waals surface area contributed by atoms with Crippen LogP contribution in [0.2, 0.25) is 0 Å². The third-order valence-corrected chi connectivity index (χ3v) is 2.54. The summed E-state index contributed by atoms with van der Waals surface area (Å²) in [5, 5.41) is 0. The number of ether oxygens (including phenoxy) is 1. The van der Waals surface area contributed by atoms with Crippen molar-refractivity contribution in [3.63, 3.8) is 0 Å². The monoisotopic (exact) mass is 243 g/mol. The summed E-state index contributed by atoms with van der Waals surface area (Å²) in [6.45, 7) is 2.29. The van der Waals surface area contributed by atoms with E-state index in [0.29, 0.717) is 5.75 Å². The van der Waals surface area contributed by atoms with Gasteiger partial charge in [-0.15, -0.1) is 0 Å². The van der Waals surface area contributed by atoms with E-state index in [1.54, 1.807) is 11.8 Å². The number of thioether (sulfide) groups is 1. The highest BCUT2D eigenvalue weighted by atomic mass is 32.2. The van der Waals surface area contributed by atoms with Crippen LogP contribution >= 0.6 is 11.8 Å². The molecule has 0 spiro atoms. The van der Waals surface area contributed by atoms with Gasteiger partial charge in [0.15, 0.2) is 0 Å². The van der Waals surface area contributed by atoms with Crippen molar-refractivity contribution in [1.29, 1.82) is 0 Å². The van der Waals surface area contributed by atoms with Gasteiger partial charge in [-0.2, -0.15) is 16.7 Å². The first-order valence-electron chi connectivity index (χ1n) is 4.75. The van der Waals surface area contributed by atoms with E-state index in [-0.39, 0.29) is 12.4 Å². The molecule has 6 nitrogen and oxygen atoms in total. The van der Waals surface area contributed by atoms with Gasteiger partial charge < -0.3 is 10.5 Å². The second-order valence-corrected chi connectivity index (χ2v) is 4.21. The zero-order valence-corrected chi connectivity index (χ0v) is 9.70. The molecule has 1 heterocycles. The second kappa shape index (κ2) is 6.16. The van der Waals surface area contributed by atoms with E-state index in [4.69, 9.17) is 10.5 Å². The molecule has 88 valence electrons. The fourth-order valence-corrected chi connectivity index (χ4v) is 1.45. The summed E-state index contributed by atoms with van der Waals surface area (Å²) in [7, 11) is 0. The summed E-state index contributed by atoms with van der Waals surface area (Å²) >= 11 is 1.65. The minimum Gasteiger partial charge on any atom is -0.448 e. The molecule has 7 heteroatoms. The largest absolute Gasteiger partial charge is 0.448 e. The van der Waals surface area contributed by atoms with Crippen LogP contribution < -0.4 is 11.4 Å². The number of hydrogen-bond donors (Lipinski definition) is 1. The van der Waals surface area contributed by atoms with Gasteiger partial charge in [0, 0.05) is 11.9 Å². The summed E-state index contributed by atoms with van der Waals surface area (Å²) in [4.78, 5) is 26.0. The molecule has 0 aliphatic rings. The lowest BCUT2D eigenvalue weighted by Crippen LogP contribution is -2.30. The van der Waals surface area contributed by atoms with Crippen LogP contribution in [-0.2, 0) is 4.74 Å². The van der Waals surface area contributed by atoms with Crippen molar-refractivity contribution in [2.24, 2.45) is 0 Å². The molecule has 0 aliphatic heterocycles. The molecular weight excluding hydrogens is 230 g/mol. The maximum atomic E-state index is 11.4. The Labute approximate surface area is 96.8 Å². The topological polar surface area (TPSA) is 87.2 Å².